The predicted octanol–water partition coefficient (Wildman–Crippen LogP) is 4.12. The molecule has 1 aliphatic heterocycles. The van der Waals surface area contributed by atoms with Gasteiger partial charge >= 0.3 is 0 Å². The van der Waals surface area contributed by atoms with E-state index in [9.17, 15) is 4.79 Å². The molecular formula is C21H19N3O. The van der Waals surface area contributed by atoms with E-state index in [0.29, 0.717) is 5.56 Å². The lowest BCUT2D eigenvalue weighted by Crippen LogP contribution is -2.30. The van der Waals surface area contributed by atoms with Gasteiger partial charge in [0.15, 0.2) is 0 Å². The number of aromatic nitrogens is 2. The van der Waals surface area contributed by atoms with Gasteiger partial charge in [0.2, 0.25) is 0 Å². The summed E-state index contributed by atoms with van der Waals surface area (Å²) in [5, 5.41) is 0. The van der Waals surface area contributed by atoms with E-state index in [1.165, 1.54) is 0 Å². The molecule has 0 radical (unpaired) electrons. The Morgan fingerprint density at radius 2 is 2.00 bits per heavy atom. The van der Waals surface area contributed by atoms with Crippen LogP contribution in [-0.2, 0) is 0 Å². The maximum atomic E-state index is 13.1. The van der Waals surface area contributed by atoms with Gasteiger partial charge in [0, 0.05) is 36.3 Å². The summed E-state index contributed by atoms with van der Waals surface area (Å²) in [4.78, 5) is 23.6. The second-order valence-electron chi connectivity index (χ2n) is 6.24. The molecule has 124 valence electrons. The maximum Gasteiger partial charge on any atom is 0.254 e. The minimum absolute atomic E-state index is 0.0733. The van der Waals surface area contributed by atoms with Crippen LogP contribution in [0.4, 0.5) is 0 Å². The Kier molecular flexibility index (Phi) is 4.25. The van der Waals surface area contributed by atoms with Crippen molar-refractivity contribution < 1.29 is 4.79 Å². The van der Waals surface area contributed by atoms with Gasteiger partial charge in [-0.05, 0) is 48.7 Å². The highest BCUT2D eigenvalue weighted by Crippen LogP contribution is 2.33. The first-order valence-electron chi connectivity index (χ1n) is 8.55. The van der Waals surface area contributed by atoms with Crippen LogP contribution in [-0.4, -0.2) is 27.3 Å². The van der Waals surface area contributed by atoms with E-state index in [1.54, 1.807) is 12.4 Å². The normalized spacial score (nSPS) is 16.8. The van der Waals surface area contributed by atoms with Gasteiger partial charge in [-0.3, -0.25) is 14.8 Å². The third-order valence-corrected chi connectivity index (χ3v) is 4.65. The number of carbonyl (C=O) groups excluding carboxylic acids is 1. The average Bonchev–Trinajstić information content (AvgIpc) is 3.19. The second kappa shape index (κ2) is 6.85. The van der Waals surface area contributed by atoms with Crippen LogP contribution in [0.1, 0.15) is 34.8 Å². The molecule has 4 heteroatoms. The van der Waals surface area contributed by atoms with Gasteiger partial charge in [-0.15, -0.1) is 0 Å². The Balaban J connectivity index is 1.63. The van der Waals surface area contributed by atoms with Crippen LogP contribution in [0.3, 0.4) is 0 Å². The SMILES string of the molecule is O=C(c1cccc(-c2ccccn2)c1)N1CCCC1c1cccnc1. The zero-order valence-electron chi connectivity index (χ0n) is 13.9. The fraction of sp³-hybridized carbons (Fsp3) is 0.190. The number of nitrogens with zero attached hydrogens (tertiary/aromatic N) is 3. The molecule has 0 saturated carbocycles. The summed E-state index contributed by atoms with van der Waals surface area (Å²) < 4.78 is 0. The van der Waals surface area contributed by atoms with Crippen molar-refractivity contribution in [2.75, 3.05) is 6.54 Å². The molecule has 1 aliphatic rings. The number of benzene rings is 1. The Morgan fingerprint density at radius 3 is 2.80 bits per heavy atom. The Bertz CT molecular complexity index is 865. The molecule has 0 N–H and O–H groups in total. The van der Waals surface area contributed by atoms with Crippen LogP contribution in [0.25, 0.3) is 11.3 Å². The molecule has 3 aromatic rings. The quantitative estimate of drug-likeness (QED) is 0.726. The number of hydrogen-bond donors (Lipinski definition) is 0. The number of carbonyl (C=O) groups is 1. The summed E-state index contributed by atoms with van der Waals surface area (Å²) in [6.07, 6.45) is 7.40. The first-order valence-corrected chi connectivity index (χ1v) is 8.55. The van der Waals surface area contributed by atoms with E-state index in [2.05, 4.69) is 9.97 Å². The summed E-state index contributed by atoms with van der Waals surface area (Å²) >= 11 is 0. The fourth-order valence-corrected chi connectivity index (χ4v) is 3.44. The highest BCUT2D eigenvalue weighted by atomic mass is 16.2. The first-order chi connectivity index (χ1) is 12.3. The van der Waals surface area contributed by atoms with Crippen molar-refractivity contribution in [3.63, 3.8) is 0 Å². The number of rotatable bonds is 3. The van der Waals surface area contributed by atoms with Gasteiger partial charge in [0.25, 0.3) is 5.91 Å². The lowest BCUT2D eigenvalue weighted by atomic mass is 10.0. The van der Waals surface area contributed by atoms with E-state index in [1.807, 2.05) is 65.7 Å². The molecule has 3 heterocycles. The molecular weight excluding hydrogens is 310 g/mol. The summed E-state index contributed by atoms with van der Waals surface area (Å²) in [5.74, 6) is 0.0733. The molecule has 0 aliphatic carbocycles. The van der Waals surface area contributed by atoms with Crippen molar-refractivity contribution in [2.24, 2.45) is 0 Å². The van der Waals surface area contributed by atoms with Crippen molar-refractivity contribution in [3.8, 4) is 11.3 Å². The van der Waals surface area contributed by atoms with E-state index in [0.717, 1.165) is 36.2 Å². The highest BCUT2D eigenvalue weighted by Gasteiger charge is 2.30. The minimum Gasteiger partial charge on any atom is -0.332 e. The topological polar surface area (TPSA) is 46.1 Å². The molecule has 4 rings (SSSR count). The number of likely N-dealkylation sites (tertiary alicyclic amines) is 1. The van der Waals surface area contributed by atoms with Crippen molar-refractivity contribution in [1.82, 2.24) is 14.9 Å². The first kappa shape index (κ1) is 15.5. The Morgan fingerprint density at radius 1 is 1.04 bits per heavy atom. The molecule has 1 saturated heterocycles. The number of pyridine rings is 2. The largest absolute Gasteiger partial charge is 0.332 e. The summed E-state index contributed by atoms with van der Waals surface area (Å²) in [5.41, 5.74) is 3.65. The van der Waals surface area contributed by atoms with Crippen LogP contribution in [0.2, 0.25) is 0 Å². The molecule has 0 spiro atoms. The molecule has 25 heavy (non-hydrogen) atoms. The van der Waals surface area contributed by atoms with Crippen molar-refractivity contribution in [1.29, 1.82) is 0 Å². The van der Waals surface area contributed by atoms with Gasteiger partial charge in [-0.1, -0.05) is 24.3 Å². The van der Waals surface area contributed by atoms with Crippen LogP contribution >= 0.6 is 0 Å². The predicted molar refractivity (Wildman–Crippen MR) is 96.9 cm³/mol. The molecule has 1 amide bonds. The van der Waals surface area contributed by atoms with Gasteiger partial charge in [0.1, 0.15) is 0 Å². The summed E-state index contributed by atoms with van der Waals surface area (Å²) in [6.45, 7) is 0.784. The molecule has 2 aromatic heterocycles. The van der Waals surface area contributed by atoms with Crippen LogP contribution < -0.4 is 0 Å². The molecule has 4 nitrogen and oxygen atoms in total. The zero-order valence-corrected chi connectivity index (χ0v) is 13.9. The average molecular weight is 329 g/mol. The smallest absolute Gasteiger partial charge is 0.254 e. The van der Waals surface area contributed by atoms with E-state index < -0.39 is 0 Å². The molecule has 1 unspecified atom stereocenters. The lowest BCUT2D eigenvalue weighted by Gasteiger charge is -2.25. The summed E-state index contributed by atoms with van der Waals surface area (Å²) in [6, 6.07) is 17.6. The van der Waals surface area contributed by atoms with Crippen molar-refractivity contribution >= 4 is 5.91 Å². The van der Waals surface area contributed by atoms with Crippen LogP contribution in [0.15, 0.2) is 73.2 Å². The third kappa shape index (κ3) is 3.15. The van der Waals surface area contributed by atoms with E-state index in [4.69, 9.17) is 0 Å². The number of amides is 1. The molecule has 0 bridgehead atoms. The molecule has 1 aromatic carbocycles. The van der Waals surface area contributed by atoms with Crippen LogP contribution in [0, 0.1) is 0 Å². The lowest BCUT2D eigenvalue weighted by molar-refractivity contribution is 0.0735. The standard InChI is InChI=1S/C21H19N3O/c25-21(24-13-5-10-20(24)18-8-4-11-22-15-18)17-7-3-6-16(14-17)19-9-1-2-12-23-19/h1-4,6-9,11-12,14-15,20H,5,10,13H2. The van der Waals surface area contributed by atoms with Gasteiger partial charge < -0.3 is 4.90 Å². The highest BCUT2D eigenvalue weighted by molar-refractivity contribution is 5.95. The summed E-state index contributed by atoms with van der Waals surface area (Å²) in [7, 11) is 0. The van der Waals surface area contributed by atoms with E-state index >= 15 is 0 Å². The maximum absolute atomic E-state index is 13.1. The van der Waals surface area contributed by atoms with Gasteiger partial charge in [0.05, 0.1) is 11.7 Å². The number of hydrogen-bond acceptors (Lipinski definition) is 3. The van der Waals surface area contributed by atoms with Crippen molar-refractivity contribution in [3.05, 3.63) is 84.3 Å². The minimum atomic E-state index is 0.0733. The van der Waals surface area contributed by atoms with Crippen LogP contribution in [0.5, 0.6) is 0 Å². The Labute approximate surface area is 147 Å². The fourth-order valence-electron chi connectivity index (χ4n) is 3.44. The van der Waals surface area contributed by atoms with E-state index in [-0.39, 0.29) is 11.9 Å². The van der Waals surface area contributed by atoms with Gasteiger partial charge in [-0.2, -0.15) is 0 Å². The monoisotopic (exact) mass is 329 g/mol. The second-order valence-corrected chi connectivity index (χ2v) is 6.24. The zero-order chi connectivity index (χ0) is 17.1. The molecule has 1 fully saturated rings. The molecule has 1 atom stereocenters. The Hall–Kier alpha value is -3.01. The third-order valence-electron chi connectivity index (χ3n) is 4.65. The van der Waals surface area contributed by atoms with Crippen molar-refractivity contribution in [2.45, 2.75) is 18.9 Å². The van der Waals surface area contributed by atoms with Gasteiger partial charge in [-0.25, -0.2) is 0 Å².